The summed E-state index contributed by atoms with van der Waals surface area (Å²) in [5.74, 6) is -0.148. The van der Waals surface area contributed by atoms with E-state index in [-0.39, 0.29) is 24.3 Å². The monoisotopic (exact) mass is 414 g/mol. The van der Waals surface area contributed by atoms with Crippen LogP contribution in [0.15, 0.2) is 18.2 Å². The maximum atomic E-state index is 12.4. The summed E-state index contributed by atoms with van der Waals surface area (Å²) in [5, 5.41) is 9.69. The fourth-order valence-corrected chi connectivity index (χ4v) is 3.82. The van der Waals surface area contributed by atoms with Crippen molar-refractivity contribution in [2.24, 2.45) is 0 Å². The van der Waals surface area contributed by atoms with Gasteiger partial charge in [0.25, 0.3) is 5.91 Å². The van der Waals surface area contributed by atoms with Crippen molar-refractivity contribution in [3.63, 3.8) is 0 Å². The van der Waals surface area contributed by atoms with Gasteiger partial charge in [0.15, 0.2) is 0 Å². The summed E-state index contributed by atoms with van der Waals surface area (Å²) < 4.78 is 0. The molecule has 0 bridgehead atoms. The number of nitrogens with zero attached hydrogens (tertiary/aromatic N) is 1. The average molecular weight is 415 g/mol. The van der Waals surface area contributed by atoms with E-state index in [0.717, 1.165) is 6.54 Å². The van der Waals surface area contributed by atoms with Crippen LogP contribution in [0.1, 0.15) is 48.9 Å². The molecule has 27 heavy (non-hydrogen) atoms. The molecule has 0 aromatic heterocycles. The summed E-state index contributed by atoms with van der Waals surface area (Å²) in [7, 11) is 0. The van der Waals surface area contributed by atoms with Gasteiger partial charge in [-0.15, -0.1) is 12.4 Å². The summed E-state index contributed by atoms with van der Waals surface area (Å²) in [6, 6.07) is 5.43. The summed E-state index contributed by atoms with van der Waals surface area (Å²) in [4.78, 5) is 25.8. The van der Waals surface area contributed by atoms with Crippen LogP contribution in [-0.4, -0.2) is 44.2 Å². The van der Waals surface area contributed by atoms with Gasteiger partial charge in [0.1, 0.15) is 0 Å². The van der Waals surface area contributed by atoms with E-state index in [1.165, 1.54) is 38.5 Å². The van der Waals surface area contributed by atoms with Crippen molar-refractivity contribution in [3.05, 3.63) is 28.8 Å². The number of amides is 3. The van der Waals surface area contributed by atoms with Gasteiger partial charge in [-0.1, -0.05) is 37.3 Å². The number of carbonyl (C=O) groups excluding carboxylic acids is 2. The molecule has 150 valence electrons. The van der Waals surface area contributed by atoms with Crippen molar-refractivity contribution in [3.8, 4) is 0 Å². The quantitative estimate of drug-likeness (QED) is 0.493. The molecule has 1 heterocycles. The van der Waals surface area contributed by atoms with Gasteiger partial charge in [0.2, 0.25) is 0 Å². The number of carbonyl (C=O) groups is 2. The molecule has 2 fully saturated rings. The summed E-state index contributed by atoms with van der Waals surface area (Å²) in [6.07, 6.45) is 7.72. The highest BCUT2D eigenvalue weighted by atomic mass is 35.5. The van der Waals surface area contributed by atoms with Gasteiger partial charge < -0.3 is 16.0 Å². The SMILES string of the molecule is Cl.O=C(NCCNC1CCCCCC1)c1ccc(Cl)c(N2CCNC2=O)c1. The van der Waals surface area contributed by atoms with Gasteiger partial charge in [0.05, 0.1) is 10.7 Å². The van der Waals surface area contributed by atoms with Crippen LogP contribution in [0, 0.1) is 0 Å². The van der Waals surface area contributed by atoms with Crippen LogP contribution in [-0.2, 0) is 0 Å². The van der Waals surface area contributed by atoms with Gasteiger partial charge >= 0.3 is 6.03 Å². The molecule has 2 aliphatic rings. The molecular formula is C19H28Cl2N4O2. The van der Waals surface area contributed by atoms with Crippen molar-refractivity contribution in [2.45, 2.75) is 44.6 Å². The van der Waals surface area contributed by atoms with E-state index < -0.39 is 0 Å². The maximum absolute atomic E-state index is 12.4. The van der Waals surface area contributed by atoms with Gasteiger partial charge in [-0.25, -0.2) is 4.79 Å². The largest absolute Gasteiger partial charge is 0.351 e. The Labute approximate surface area is 171 Å². The van der Waals surface area contributed by atoms with Crippen LogP contribution >= 0.6 is 24.0 Å². The lowest BCUT2D eigenvalue weighted by Gasteiger charge is -2.18. The number of anilines is 1. The van der Waals surface area contributed by atoms with Gasteiger partial charge in [-0.05, 0) is 31.0 Å². The molecule has 3 rings (SSSR count). The molecule has 1 aliphatic carbocycles. The maximum Gasteiger partial charge on any atom is 0.322 e. The standard InChI is InChI=1S/C19H27ClN4O2.ClH/c20-16-8-7-14(13-17(16)24-12-11-23-19(24)26)18(25)22-10-9-21-15-5-3-1-2-4-6-15;/h7-8,13,15,21H,1-6,9-12H2,(H,22,25)(H,23,26);1H. The molecule has 3 N–H and O–H groups in total. The molecule has 0 radical (unpaired) electrons. The smallest absolute Gasteiger partial charge is 0.322 e. The Hall–Kier alpha value is -1.50. The average Bonchev–Trinajstić information content (AvgIpc) is 2.90. The number of nitrogens with one attached hydrogen (secondary N) is 3. The minimum absolute atomic E-state index is 0. The highest BCUT2D eigenvalue weighted by molar-refractivity contribution is 6.34. The second-order valence-electron chi connectivity index (χ2n) is 6.95. The predicted octanol–water partition coefficient (Wildman–Crippen LogP) is 3.33. The van der Waals surface area contributed by atoms with E-state index in [1.807, 2.05) is 0 Å². The van der Waals surface area contributed by atoms with E-state index >= 15 is 0 Å². The molecule has 0 unspecified atom stereocenters. The van der Waals surface area contributed by atoms with Crippen molar-refractivity contribution in [1.82, 2.24) is 16.0 Å². The Morgan fingerprint density at radius 2 is 1.93 bits per heavy atom. The van der Waals surface area contributed by atoms with Crippen molar-refractivity contribution >= 4 is 41.6 Å². The Morgan fingerprint density at radius 1 is 1.19 bits per heavy atom. The first-order chi connectivity index (χ1) is 12.6. The third-order valence-electron chi connectivity index (χ3n) is 5.05. The second-order valence-corrected chi connectivity index (χ2v) is 7.36. The fourth-order valence-electron chi connectivity index (χ4n) is 3.60. The van der Waals surface area contributed by atoms with Crippen molar-refractivity contribution in [1.29, 1.82) is 0 Å². The normalized spacial score (nSPS) is 17.8. The number of hydrogen-bond acceptors (Lipinski definition) is 3. The van der Waals surface area contributed by atoms with Crippen LogP contribution in [0.3, 0.4) is 0 Å². The Morgan fingerprint density at radius 3 is 2.59 bits per heavy atom. The molecular weight excluding hydrogens is 387 g/mol. The molecule has 1 saturated heterocycles. The zero-order chi connectivity index (χ0) is 18.4. The third kappa shape index (κ3) is 5.99. The van der Waals surface area contributed by atoms with Crippen LogP contribution in [0.2, 0.25) is 5.02 Å². The number of urea groups is 1. The van der Waals surface area contributed by atoms with Gasteiger partial charge in [-0.3, -0.25) is 9.69 Å². The summed E-state index contributed by atoms with van der Waals surface area (Å²) in [5.41, 5.74) is 1.09. The Bertz CT molecular complexity index is 649. The second kappa shape index (κ2) is 10.7. The first kappa shape index (κ1) is 21.8. The zero-order valence-corrected chi connectivity index (χ0v) is 17.0. The van der Waals surface area contributed by atoms with Crippen LogP contribution in [0.4, 0.5) is 10.5 Å². The molecule has 1 aliphatic heterocycles. The van der Waals surface area contributed by atoms with Crippen molar-refractivity contribution < 1.29 is 9.59 Å². The Balaban J connectivity index is 0.00000261. The van der Waals surface area contributed by atoms with Crippen LogP contribution < -0.4 is 20.9 Å². The van der Waals surface area contributed by atoms with E-state index in [2.05, 4.69) is 16.0 Å². The van der Waals surface area contributed by atoms with Crippen molar-refractivity contribution in [2.75, 3.05) is 31.1 Å². The lowest BCUT2D eigenvalue weighted by atomic mass is 10.1. The number of halogens is 2. The van der Waals surface area contributed by atoms with Gasteiger partial charge in [-0.2, -0.15) is 0 Å². The van der Waals surface area contributed by atoms with E-state index in [9.17, 15) is 9.59 Å². The molecule has 3 amide bonds. The lowest BCUT2D eigenvalue weighted by Crippen LogP contribution is -2.37. The van der Waals surface area contributed by atoms with E-state index in [1.54, 1.807) is 23.1 Å². The number of benzene rings is 1. The number of hydrogen-bond donors (Lipinski definition) is 3. The Kier molecular flexibility index (Phi) is 8.67. The highest BCUT2D eigenvalue weighted by Crippen LogP contribution is 2.28. The predicted molar refractivity (Wildman–Crippen MR) is 111 cm³/mol. The van der Waals surface area contributed by atoms with E-state index in [0.29, 0.717) is 41.9 Å². The summed E-state index contributed by atoms with van der Waals surface area (Å²) in [6.45, 7) is 2.48. The molecule has 0 atom stereocenters. The lowest BCUT2D eigenvalue weighted by molar-refractivity contribution is 0.0953. The molecule has 6 nitrogen and oxygen atoms in total. The van der Waals surface area contributed by atoms with Crippen LogP contribution in [0.5, 0.6) is 0 Å². The minimum Gasteiger partial charge on any atom is -0.351 e. The first-order valence-electron chi connectivity index (χ1n) is 9.51. The zero-order valence-electron chi connectivity index (χ0n) is 15.4. The topological polar surface area (TPSA) is 73.5 Å². The third-order valence-corrected chi connectivity index (χ3v) is 5.37. The van der Waals surface area contributed by atoms with Gasteiger partial charge in [0, 0.05) is 37.8 Å². The van der Waals surface area contributed by atoms with E-state index in [4.69, 9.17) is 11.6 Å². The molecule has 1 saturated carbocycles. The molecule has 1 aromatic rings. The molecule has 1 aromatic carbocycles. The highest BCUT2D eigenvalue weighted by Gasteiger charge is 2.24. The summed E-state index contributed by atoms with van der Waals surface area (Å²) >= 11 is 6.21. The minimum atomic E-state index is -0.183. The molecule has 0 spiro atoms. The first-order valence-corrected chi connectivity index (χ1v) is 9.89. The molecule has 8 heteroatoms. The fraction of sp³-hybridized carbons (Fsp3) is 0.579. The van der Waals surface area contributed by atoms with Crippen LogP contribution in [0.25, 0.3) is 0 Å². The number of rotatable bonds is 6.